The average Bonchev–Trinajstić information content (AvgIpc) is 2.44. The van der Waals surface area contributed by atoms with Crippen LogP contribution < -0.4 is 0 Å². The van der Waals surface area contributed by atoms with E-state index in [1.807, 2.05) is 0 Å². The molecule has 0 aliphatic heterocycles. The number of carbonyl (C=O) groups is 1. The molecule has 4 nitrogen and oxygen atoms in total. The Labute approximate surface area is 96.7 Å². The molecule has 0 radical (unpaired) electrons. The quantitative estimate of drug-likeness (QED) is 0.580. The maximum Gasteiger partial charge on any atom is 0.344 e. The molecule has 1 aliphatic carbocycles. The molecule has 0 amide bonds. The predicted molar refractivity (Wildman–Crippen MR) is 62.5 cm³/mol. The molecule has 1 atom stereocenters. The summed E-state index contributed by atoms with van der Waals surface area (Å²) in [5.41, 5.74) is 1.03. The summed E-state index contributed by atoms with van der Waals surface area (Å²) in [6.45, 7) is 1.89. The Kier molecular flexibility index (Phi) is 5.90. The van der Waals surface area contributed by atoms with Crippen molar-refractivity contribution in [3.05, 3.63) is 0 Å². The van der Waals surface area contributed by atoms with E-state index in [9.17, 15) is 4.79 Å². The van der Waals surface area contributed by atoms with Crippen molar-refractivity contribution in [3.63, 3.8) is 0 Å². The maximum atomic E-state index is 10.3. The number of carboxylic acids is 1. The van der Waals surface area contributed by atoms with E-state index in [4.69, 9.17) is 9.94 Å². The van der Waals surface area contributed by atoms with Gasteiger partial charge in [0.25, 0.3) is 0 Å². The zero-order valence-corrected chi connectivity index (χ0v) is 9.95. The molecule has 1 N–H and O–H groups in total. The summed E-state index contributed by atoms with van der Waals surface area (Å²) in [6, 6.07) is 0. The molecule has 0 heterocycles. The number of hydrogen-bond donors (Lipinski definition) is 1. The third kappa shape index (κ3) is 5.14. The van der Waals surface area contributed by atoms with Crippen LogP contribution in [0, 0.1) is 5.92 Å². The van der Waals surface area contributed by atoms with Gasteiger partial charge in [-0.2, -0.15) is 0 Å². The first-order valence-corrected chi connectivity index (χ1v) is 6.12. The molecular formula is C12H21NO3. The van der Waals surface area contributed by atoms with Crippen LogP contribution in [0.15, 0.2) is 5.16 Å². The van der Waals surface area contributed by atoms with Crippen LogP contribution in [0.3, 0.4) is 0 Å². The minimum absolute atomic E-state index is 0.331. The largest absolute Gasteiger partial charge is 0.479 e. The third-order valence-corrected chi connectivity index (χ3v) is 3.00. The van der Waals surface area contributed by atoms with Gasteiger partial charge in [0.15, 0.2) is 0 Å². The molecule has 0 saturated heterocycles. The van der Waals surface area contributed by atoms with Gasteiger partial charge in [0.1, 0.15) is 0 Å². The van der Waals surface area contributed by atoms with Crippen molar-refractivity contribution < 1.29 is 14.7 Å². The molecule has 0 aromatic rings. The first-order chi connectivity index (χ1) is 7.72. The van der Waals surface area contributed by atoms with Crippen LogP contribution in [-0.4, -0.2) is 23.4 Å². The smallest absolute Gasteiger partial charge is 0.344 e. The van der Waals surface area contributed by atoms with Crippen LogP contribution in [0.1, 0.15) is 51.9 Å². The number of hydrogen-bond acceptors (Lipinski definition) is 3. The van der Waals surface area contributed by atoms with Gasteiger partial charge in [0.2, 0.25) is 6.61 Å². The minimum Gasteiger partial charge on any atom is -0.479 e. The fourth-order valence-corrected chi connectivity index (χ4v) is 2.20. The highest BCUT2D eigenvalue weighted by molar-refractivity contribution is 5.84. The maximum absolute atomic E-state index is 10.3. The molecular weight excluding hydrogens is 206 g/mol. The van der Waals surface area contributed by atoms with Crippen LogP contribution in [-0.2, 0) is 9.63 Å². The fraction of sp³-hybridized carbons (Fsp3) is 0.833. The van der Waals surface area contributed by atoms with Gasteiger partial charge in [-0.25, -0.2) is 4.79 Å². The number of carboxylic acid groups (broad SMARTS) is 1. The van der Waals surface area contributed by atoms with Gasteiger partial charge in [-0.3, -0.25) is 0 Å². The highest BCUT2D eigenvalue weighted by atomic mass is 16.6. The van der Waals surface area contributed by atoms with Gasteiger partial charge in [-0.05, 0) is 31.6 Å². The summed E-state index contributed by atoms with van der Waals surface area (Å²) in [5.74, 6) is -0.154. The first-order valence-electron chi connectivity index (χ1n) is 6.12. The van der Waals surface area contributed by atoms with Gasteiger partial charge < -0.3 is 9.94 Å². The second kappa shape index (κ2) is 7.25. The van der Waals surface area contributed by atoms with Crippen LogP contribution in [0.5, 0.6) is 0 Å². The third-order valence-electron chi connectivity index (χ3n) is 3.00. The van der Waals surface area contributed by atoms with Crippen LogP contribution in [0.2, 0.25) is 0 Å². The Hall–Kier alpha value is -1.06. The minimum atomic E-state index is -0.971. The van der Waals surface area contributed by atoms with Gasteiger partial charge in [-0.15, -0.1) is 0 Å². The van der Waals surface area contributed by atoms with E-state index in [1.165, 1.54) is 25.7 Å². The lowest BCUT2D eigenvalue weighted by Crippen LogP contribution is -2.06. The van der Waals surface area contributed by atoms with Crippen LogP contribution in [0.25, 0.3) is 0 Å². The van der Waals surface area contributed by atoms with Crippen molar-refractivity contribution in [2.75, 3.05) is 6.61 Å². The molecule has 0 aromatic carbocycles. The Morgan fingerprint density at radius 2 is 2.31 bits per heavy atom. The van der Waals surface area contributed by atoms with Crippen molar-refractivity contribution in [2.45, 2.75) is 51.9 Å². The standard InChI is InChI=1S/C12H21NO3/c1-2-4-10-5-3-6-11(8-7-10)13-16-9-12(14)15/h10H,2-9H2,1H3,(H,14,15). The molecule has 16 heavy (non-hydrogen) atoms. The summed E-state index contributed by atoms with van der Waals surface area (Å²) in [6.07, 6.45) is 8.05. The van der Waals surface area contributed by atoms with E-state index in [2.05, 4.69) is 12.1 Å². The molecule has 1 unspecified atom stereocenters. The van der Waals surface area contributed by atoms with Crippen molar-refractivity contribution in [1.29, 1.82) is 0 Å². The monoisotopic (exact) mass is 227 g/mol. The molecule has 1 rings (SSSR count). The zero-order chi connectivity index (χ0) is 11.8. The summed E-state index contributed by atoms with van der Waals surface area (Å²) >= 11 is 0. The number of rotatable bonds is 5. The lowest BCUT2D eigenvalue weighted by Gasteiger charge is -2.10. The summed E-state index contributed by atoms with van der Waals surface area (Å²) in [7, 11) is 0. The predicted octanol–water partition coefficient (Wildman–Crippen LogP) is 2.82. The van der Waals surface area contributed by atoms with E-state index in [0.717, 1.165) is 30.9 Å². The second-order valence-electron chi connectivity index (χ2n) is 4.41. The fourth-order valence-electron chi connectivity index (χ4n) is 2.20. The molecule has 1 saturated carbocycles. The Morgan fingerprint density at radius 3 is 3.00 bits per heavy atom. The molecule has 4 heteroatoms. The summed E-state index contributed by atoms with van der Waals surface area (Å²) in [4.78, 5) is 15.0. The molecule has 92 valence electrons. The van der Waals surface area contributed by atoms with Gasteiger partial charge >= 0.3 is 5.97 Å². The van der Waals surface area contributed by atoms with Gasteiger partial charge in [-0.1, -0.05) is 31.3 Å². The molecule has 1 fully saturated rings. The van der Waals surface area contributed by atoms with E-state index >= 15 is 0 Å². The van der Waals surface area contributed by atoms with Crippen molar-refractivity contribution in [1.82, 2.24) is 0 Å². The van der Waals surface area contributed by atoms with Gasteiger partial charge in [0.05, 0.1) is 5.71 Å². The van der Waals surface area contributed by atoms with E-state index in [-0.39, 0.29) is 6.61 Å². The number of oxime groups is 1. The Morgan fingerprint density at radius 1 is 1.50 bits per heavy atom. The molecule has 0 aromatic heterocycles. The number of aliphatic carboxylic acids is 1. The number of nitrogens with zero attached hydrogens (tertiary/aromatic N) is 1. The van der Waals surface area contributed by atoms with Crippen molar-refractivity contribution in [2.24, 2.45) is 11.1 Å². The second-order valence-corrected chi connectivity index (χ2v) is 4.41. The highest BCUT2D eigenvalue weighted by Gasteiger charge is 2.15. The van der Waals surface area contributed by atoms with Crippen LogP contribution >= 0.6 is 0 Å². The van der Waals surface area contributed by atoms with Gasteiger partial charge in [0, 0.05) is 0 Å². The lowest BCUT2D eigenvalue weighted by molar-refractivity contribution is -0.142. The summed E-state index contributed by atoms with van der Waals surface area (Å²) < 4.78 is 0. The van der Waals surface area contributed by atoms with Crippen molar-refractivity contribution >= 4 is 11.7 Å². The highest BCUT2D eigenvalue weighted by Crippen LogP contribution is 2.25. The average molecular weight is 227 g/mol. The molecule has 0 spiro atoms. The lowest BCUT2D eigenvalue weighted by atomic mass is 9.95. The Balaban J connectivity index is 2.31. The molecule has 0 bridgehead atoms. The normalized spacial score (nSPS) is 24.1. The summed E-state index contributed by atoms with van der Waals surface area (Å²) in [5, 5.41) is 12.3. The molecule has 1 aliphatic rings. The van der Waals surface area contributed by atoms with Crippen molar-refractivity contribution in [3.8, 4) is 0 Å². The first kappa shape index (κ1) is 13.0. The van der Waals surface area contributed by atoms with Crippen LogP contribution in [0.4, 0.5) is 0 Å². The van der Waals surface area contributed by atoms with E-state index in [0.29, 0.717) is 0 Å². The van der Waals surface area contributed by atoms with E-state index in [1.54, 1.807) is 0 Å². The SMILES string of the molecule is CCCC1CCCC(=NOCC(=O)O)CC1. The van der Waals surface area contributed by atoms with E-state index < -0.39 is 5.97 Å². The zero-order valence-electron chi connectivity index (χ0n) is 9.95. The Bertz CT molecular complexity index is 251. The topological polar surface area (TPSA) is 58.9 Å².